The standard InChI is InChI=1S/C24H31N5O2/c1-5-31-21-10-9-20(16-22(21)30-4)17-27-12-14-28(15-13-27)24-18(2)26-29(19(24)3)23-8-6-7-11-25-23/h6-11,16H,5,12-15,17H2,1-4H3. The number of piperazine rings is 1. The van der Waals surface area contributed by atoms with Crippen LogP contribution in [0.5, 0.6) is 11.5 Å². The van der Waals surface area contributed by atoms with E-state index < -0.39 is 0 Å². The van der Waals surface area contributed by atoms with Crippen LogP contribution in [0.25, 0.3) is 5.82 Å². The Balaban J connectivity index is 1.42. The second-order valence-corrected chi connectivity index (χ2v) is 7.80. The van der Waals surface area contributed by atoms with Crippen LogP contribution >= 0.6 is 0 Å². The predicted octanol–water partition coefficient (Wildman–Crippen LogP) is 3.61. The number of anilines is 1. The van der Waals surface area contributed by atoms with Gasteiger partial charge in [0.25, 0.3) is 0 Å². The minimum absolute atomic E-state index is 0.632. The largest absolute Gasteiger partial charge is 0.493 e. The number of nitrogens with zero attached hydrogens (tertiary/aromatic N) is 5. The van der Waals surface area contributed by atoms with Crippen molar-refractivity contribution in [3.05, 3.63) is 59.5 Å². The molecule has 0 aliphatic carbocycles. The van der Waals surface area contributed by atoms with Gasteiger partial charge in [0.1, 0.15) is 0 Å². The molecule has 0 unspecified atom stereocenters. The van der Waals surface area contributed by atoms with Crippen LogP contribution in [0.4, 0.5) is 5.69 Å². The van der Waals surface area contributed by atoms with Gasteiger partial charge in [-0.15, -0.1) is 0 Å². The molecule has 0 bridgehead atoms. The van der Waals surface area contributed by atoms with Gasteiger partial charge in [0, 0.05) is 38.9 Å². The van der Waals surface area contributed by atoms with Crippen molar-refractivity contribution in [2.75, 3.05) is 44.8 Å². The van der Waals surface area contributed by atoms with Crippen LogP contribution in [0.3, 0.4) is 0 Å². The third kappa shape index (κ3) is 4.51. The normalized spacial score (nSPS) is 14.6. The van der Waals surface area contributed by atoms with E-state index in [4.69, 9.17) is 14.6 Å². The number of hydrogen-bond acceptors (Lipinski definition) is 6. The third-order valence-electron chi connectivity index (χ3n) is 5.74. The van der Waals surface area contributed by atoms with Crippen molar-refractivity contribution in [1.29, 1.82) is 0 Å². The quantitative estimate of drug-likeness (QED) is 0.581. The molecule has 7 nitrogen and oxygen atoms in total. The summed E-state index contributed by atoms with van der Waals surface area (Å²) in [5.74, 6) is 2.46. The minimum atomic E-state index is 0.632. The number of methoxy groups -OCH3 is 1. The first kappa shape index (κ1) is 21.2. The van der Waals surface area contributed by atoms with Crippen molar-refractivity contribution >= 4 is 5.69 Å². The topological polar surface area (TPSA) is 55.7 Å². The van der Waals surface area contributed by atoms with Crippen LogP contribution in [0.2, 0.25) is 0 Å². The fourth-order valence-corrected chi connectivity index (χ4v) is 4.27. The van der Waals surface area contributed by atoms with E-state index in [1.54, 1.807) is 13.3 Å². The minimum Gasteiger partial charge on any atom is -0.493 e. The molecular weight excluding hydrogens is 390 g/mol. The molecule has 3 aromatic rings. The summed E-state index contributed by atoms with van der Waals surface area (Å²) in [6.07, 6.45) is 1.81. The lowest BCUT2D eigenvalue weighted by atomic mass is 10.1. The Bertz CT molecular complexity index is 1010. The number of rotatable bonds is 7. The SMILES string of the molecule is CCOc1ccc(CN2CCN(c3c(C)nn(-c4ccccn4)c3C)CC2)cc1OC. The van der Waals surface area contributed by atoms with Gasteiger partial charge in [-0.25, -0.2) is 9.67 Å². The molecule has 7 heteroatoms. The van der Waals surface area contributed by atoms with E-state index in [1.807, 2.05) is 35.9 Å². The monoisotopic (exact) mass is 421 g/mol. The summed E-state index contributed by atoms with van der Waals surface area (Å²) in [5, 5.41) is 4.76. The molecule has 0 radical (unpaired) electrons. The summed E-state index contributed by atoms with van der Waals surface area (Å²) in [7, 11) is 1.69. The first-order chi connectivity index (χ1) is 15.1. The Hall–Kier alpha value is -3.06. The van der Waals surface area contributed by atoms with Crippen molar-refractivity contribution in [1.82, 2.24) is 19.7 Å². The van der Waals surface area contributed by atoms with Gasteiger partial charge in [0.15, 0.2) is 17.3 Å². The maximum Gasteiger partial charge on any atom is 0.161 e. The van der Waals surface area contributed by atoms with Crippen LogP contribution in [0, 0.1) is 13.8 Å². The molecule has 4 rings (SSSR count). The first-order valence-corrected chi connectivity index (χ1v) is 10.8. The molecule has 31 heavy (non-hydrogen) atoms. The first-order valence-electron chi connectivity index (χ1n) is 10.8. The number of benzene rings is 1. The van der Waals surface area contributed by atoms with E-state index in [2.05, 4.69) is 40.8 Å². The molecule has 0 amide bonds. The summed E-state index contributed by atoms with van der Waals surface area (Å²) < 4.78 is 13.1. The van der Waals surface area contributed by atoms with Crippen LogP contribution in [0.15, 0.2) is 42.6 Å². The highest BCUT2D eigenvalue weighted by Crippen LogP contribution is 2.30. The zero-order chi connectivity index (χ0) is 21.8. The molecular formula is C24H31N5O2. The van der Waals surface area contributed by atoms with Gasteiger partial charge in [0.05, 0.1) is 30.8 Å². The van der Waals surface area contributed by atoms with Crippen molar-refractivity contribution in [3.8, 4) is 17.3 Å². The van der Waals surface area contributed by atoms with Crippen LogP contribution in [0.1, 0.15) is 23.9 Å². The highest BCUT2D eigenvalue weighted by Gasteiger charge is 2.23. The van der Waals surface area contributed by atoms with E-state index in [0.717, 1.165) is 61.4 Å². The maximum absolute atomic E-state index is 5.63. The zero-order valence-corrected chi connectivity index (χ0v) is 18.8. The number of ether oxygens (including phenoxy) is 2. The summed E-state index contributed by atoms with van der Waals surface area (Å²) in [6.45, 7) is 11.7. The van der Waals surface area contributed by atoms with E-state index >= 15 is 0 Å². The zero-order valence-electron chi connectivity index (χ0n) is 18.8. The van der Waals surface area contributed by atoms with Crippen molar-refractivity contribution in [2.24, 2.45) is 0 Å². The Labute approximate surface area is 184 Å². The molecule has 2 aromatic heterocycles. The number of aromatic nitrogens is 3. The highest BCUT2D eigenvalue weighted by atomic mass is 16.5. The predicted molar refractivity (Wildman–Crippen MR) is 122 cm³/mol. The molecule has 0 spiro atoms. The maximum atomic E-state index is 5.63. The fraction of sp³-hybridized carbons (Fsp3) is 0.417. The summed E-state index contributed by atoms with van der Waals surface area (Å²) in [5.41, 5.74) is 4.66. The smallest absolute Gasteiger partial charge is 0.161 e. The van der Waals surface area contributed by atoms with Gasteiger partial charge in [-0.2, -0.15) is 5.10 Å². The molecule has 0 atom stereocenters. The lowest BCUT2D eigenvalue weighted by Crippen LogP contribution is -2.46. The molecule has 0 N–H and O–H groups in total. The summed E-state index contributed by atoms with van der Waals surface area (Å²) >= 11 is 0. The van der Waals surface area contributed by atoms with Gasteiger partial charge in [-0.3, -0.25) is 4.90 Å². The highest BCUT2D eigenvalue weighted by molar-refractivity contribution is 5.56. The van der Waals surface area contributed by atoms with Crippen LogP contribution in [-0.2, 0) is 6.54 Å². The Morgan fingerprint density at radius 2 is 1.81 bits per heavy atom. The van der Waals surface area contributed by atoms with Gasteiger partial charge in [-0.1, -0.05) is 12.1 Å². The second-order valence-electron chi connectivity index (χ2n) is 7.80. The average Bonchev–Trinajstić information content (AvgIpc) is 3.10. The van der Waals surface area contributed by atoms with Crippen molar-refractivity contribution in [3.63, 3.8) is 0 Å². The Morgan fingerprint density at radius 3 is 2.48 bits per heavy atom. The van der Waals surface area contributed by atoms with Gasteiger partial charge in [0.2, 0.25) is 0 Å². The van der Waals surface area contributed by atoms with E-state index in [1.165, 1.54) is 11.3 Å². The summed E-state index contributed by atoms with van der Waals surface area (Å²) in [4.78, 5) is 9.39. The van der Waals surface area contributed by atoms with Crippen LogP contribution in [-0.4, -0.2) is 59.6 Å². The molecule has 1 saturated heterocycles. The second kappa shape index (κ2) is 9.39. The Morgan fingerprint density at radius 1 is 1.00 bits per heavy atom. The lowest BCUT2D eigenvalue weighted by Gasteiger charge is -2.36. The third-order valence-corrected chi connectivity index (χ3v) is 5.74. The molecule has 3 heterocycles. The van der Waals surface area contributed by atoms with Crippen molar-refractivity contribution in [2.45, 2.75) is 27.3 Å². The van der Waals surface area contributed by atoms with Gasteiger partial charge >= 0.3 is 0 Å². The van der Waals surface area contributed by atoms with Crippen molar-refractivity contribution < 1.29 is 9.47 Å². The van der Waals surface area contributed by atoms with Crippen LogP contribution < -0.4 is 14.4 Å². The number of pyridine rings is 1. The van der Waals surface area contributed by atoms with E-state index in [0.29, 0.717) is 6.61 Å². The molecule has 1 aliphatic rings. The fourth-order valence-electron chi connectivity index (χ4n) is 4.27. The van der Waals surface area contributed by atoms with E-state index in [9.17, 15) is 0 Å². The van der Waals surface area contributed by atoms with Gasteiger partial charge in [-0.05, 0) is 50.6 Å². The molecule has 1 aliphatic heterocycles. The Kier molecular flexibility index (Phi) is 6.42. The molecule has 0 saturated carbocycles. The van der Waals surface area contributed by atoms with Gasteiger partial charge < -0.3 is 14.4 Å². The molecule has 1 fully saturated rings. The lowest BCUT2D eigenvalue weighted by molar-refractivity contribution is 0.249. The average molecular weight is 422 g/mol. The molecule has 164 valence electrons. The summed E-state index contributed by atoms with van der Waals surface area (Å²) in [6, 6.07) is 12.1. The number of aryl methyl sites for hydroxylation is 1. The number of hydrogen-bond donors (Lipinski definition) is 0. The van der Waals surface area contributed by atoms with E-state index in [-0.39, 0.29) is 0 Å². The molecule has 1 aromatic carbocycles.